The zero-order valence-electron chi connectivity index (χ0n) is 11.5. The molecule has 2 rings (SSSR count). The lowest BCUT2D eigenvalue weighted by molar-refractivity contribution is -0.114. The van der Waals surface area contributed by atoms with Crippen LogP contribution in [-0.2, 0) is 4.79 Å². The van der Waals surface area contributed by atoms with Crippen molar-refractivity contribution in [3.63, 3.8) is 0 Å². The highest BCUT2D eigenvalue weighted by molar-refractivity contribution is 7.07. The van der Waals surface area contributed by atoms with Gasteiger partial charge in [-0.05, 0) is 35.9 Å². The second kappa shape index (κ2) is 6.54. The summed E-state index contributed by atoms with van der Waals surface area (Å²) in [7, 11) is 0. The summed E-state index contributed by atoms with van der Waals surface area (Å²) in [6, 6.07) is 9.20. The standard InChI is InChI=1S/C15H18N2O2S/c1-10(16)15(12-7-8-20-9-12)19-14-6-4-3-5-13(14)17-11(2)18/h3-10,15H,16H2,1-2H3,(H,17,18). The number of carbonyl (C=O) groups is 1. The Morgan fingerprint density at radius 3 is 2.70 bits per heavy atom. The Hall–Kier alpha value is -1.85. The predicted octanol–water partition coefficient (Wildman–Crippen LogP) is 3.17. The number of ether oxygens (including phenoxy) is 1. The molecule has 0 bridgehead atoms. The molecule has 0 spiro atoms. The molecule has 0 saturated carbocycles. The van der Waals surface area contributed by atoms with Crippen molar-refractivity contribution in [3.05, 3.63) is 46.7 Å². The number of para-hydroxylation sites is 2. The van der Waals surface area contributed by atoms with E-state index in [0.29, 0.717) is 11.4 Å². The molecule has 0 aliphatic heterocycles. The van der Waals surface area contributed by atoms with Crippen molar-refractivity contribution in [3.8, 4) is 5.75 Å². The molecule has 0 aliphatic rings. The summed E-state index contributed by atoms with van der Waals surface area (Å²) >= 11 is 1.61. The molecule has 20 heavy (non-hydrogen) atoms. The Balaban J connectivity index is 2.25. The van der Waals surface area contributed by atoms with Gasteiger partial charge in [-0.1, -0.05) is 12.1 Å². The maximum atomic E-state index is 11.2. The number of thiophene rings is 1. The second-order valence-electron chi connectivity index (χ2n) is 4.63. The minimum atomic E-state index is -0.240. The van der Waals surface area contributed by atoms with E-state index in [0.717, 1.165) is 5.56 Å². The number of nitrogens with two attached hydrogens (primary N) is 1. The van der Waals surface area contributed by atoms with Crippen molar-refractivity contribution in [2.45, 2.75) is 26.0 Å². The third-order valence-electron chi connectivity index (χ3n) is 2.80. The number of anilines is 1. The first-order valence-electron chi connectivity index (χ1n) is 6.39. The molecule has 0 fully saturated rings. The van der Waals surface area contributed by atoms with Crippen LogP contribution in [0.25, 0.3) is 0 Å². The highest BCUT2D eigenvalue weighted by atomic mass is 32.1. The molecule has 1 heterocycles. The number of carbonyl (C=O) groups excluding carboxylic acids is 1. The van der Waals surface area contributed by atoms with Gasteiger partial charge < -0.3 is 15.8 Å². The van der Waals surface area contributed by atoms with Gasteiger partial charge in [-0.3, -0.25) is 4.79 Å². The van der Waals surface area contributed by atoms with Gasteiger partial charge in [0.25, 0.3) is 0 Å². The molecule has 2 atom stereocenters. The lowest BCUT2D eigenvalue weighted by atomic mass is 10.1. The van der Waals surface area contributed by atoms with Gasteiger partial charge in [0.1, 0.15) is 11.9 Å². The van der Waals surface area contributed by atoms with E-state index in [9.17, 15) is 4.79 Å². The topological polar surface area (TPSA) is 64.3 Å². The summed E-state index contributed by atoms with van der Waals surface area (Å²) < 4.78 is 6.02. The van der Waals surface area contributed by atoms with Crippen LogP contribution in [0.4, 0.5) is 5.69 Å². The Bertz CT molecular complexity index is 567. The summed E-state index contributed by atoms with van der Waals surface area (Å²) in [6.07, 6.45) is -0.240. The third-order valence-corrected chi connectivity index (χ3v) is 3.50. The molecule has 3 N–H and O–H groups in total. The van der Waals surface area contributed by atoms with Crippen LogP contribution >= 0.6 is 11.3 Å². The van der Waals surface area contributed by atoms with Gasteiger partial charge in [0.2, 0.25) is 5.91 Å². The Morgan fingerprint density at radius 1 is 1.35 bits per heavy atom. The molecule has 0 aliphatic carbocycles. The molecular formula is C15H18N2O2S. The predicted molar refractivity (Wildman–Crippen MR) is 82.1 cm³/mol. The van der Waals surface area contributed by atoms with Crippen molar-refractivity contribution in [2.75, 3.05) is 5.32 Å². The van der Waals surface area contributed by atoms with Gasteiger partial charge in [-0.2, -0.15) is 11.3 Å². The fourth-order valence-electron chi connectivity index (χ4n) is 1.91. The van der Waals surface area contributed by atoms with Crippen LogP contribution in [0.3, 0.4) is 0 Å². The van der Waals surface area contributed by atoms with Gasteiger partial charge in [0.15, 0.2) is 0 Å². The first-order valence-corrected chi connectivity index (χ1v) is 7.33. The molecule has 1 amide bonds. The van der Waals surface area contributed by atoms with E-state index in [4.69, 9.17) is 10.5 Å². The Morgan fingerprint density at radius 2 is 2.10 bits per heavy atom. The van der Waals surface area contributed by atoms with Crippen molar-refractivity contribution in [1.29, 1.82) is 0 Å². The summed E-state index contributed by atoms with van der Waals surface area (Å²) in [6.45, 7) is 3.38. The minimum absolute atomic E-state index is 0.131. The smallest absolute Gasteiger partial charge is 0.221 e. The monoisotopic (exact) mass is 290 g/mol. The van der Waals surface area contributed by atoms with Crippen LogP contribution in [0.15, 0.2) is 41.1 Å². The van der Waals surface area contributed by atoms with Gasteiger partial charge in [-0.15, -0.1) is 0 Å². The molecule has 4 nitrogen and oxygen atoms in total. The Labute approximate surface area is 122 Å². The molecule has 0 radical (unpaired) electrons. The SMILES string of the molecule is CC(=O)Nc1ccccc1OC(c1ccsc1)C(C)N. The van der Waals surface area contributed by atoms with E-state index < -0.39 is 0 Å². The summed E-state index contributed by atoms with van der Waals surface area (Å²) in [4.78, 5) is 11.2. The van der Waals surface area contributed by atoms with Crippen molar-refractivity contribution < 1.29 is 9.53 Å². The molecule has 106 valence electrons. The van der Waals surface area contributed by atoms with E-state index in [2.05, 4.69) is 5.32 Å². The first kappa shape index (κ1) is 14.6. The van der Waals surface area contributed by atoms with Crippen molar-refractivity contribution in [2.24, 2.45) is 5.73 Å². The summed E-state index contributed by atoms with van der Waals surface area (Å²) in [5.41, 5.74) is 7.72. The van der Waals surface area contributed by atoms with E-state index in [1.807, 2.05) is 48.0 Å². The highest BCUT2D eigenvalue weighted by Crippen LogP contribution is 2.31. The van der Waals surface area contributed by atoms with Crippen molar-refractivity contribution >= 4 is 22.9 Å². The van der Waals surface area contributed by atoms with Crippen LogP contribution in [0.1, 0.15) is 25.5 Å². The van der Waals surface area contributed by atoms with E-state index in [1.54, 1.807) is 11.3 Å². The van der Waals surface area contributed by atoms with E-state index >= 15 is 0 Å². The minimum Gasteiger partial charge on any atom is -0.482 e. The number of amides is 1. The van der Waals surface area contributed by atoms with E-state index in [-0.39, 0.29) is 18.1 Å². The van der Waals surface area contributed by atoms with Crippen LogP contribution < -0.4 is 15.8 Å². The number of hydrogen-bond acceptors (Lipinski definition) is 4. The fraction of sp³-hybridized carbons (Fsp3) is 0.267. The lowest BCUT2D eigenvalue weighted by Gasteiger charge is -2.23. The van der Waals surface area contributed by atoms with Gasteiger partial charge in [0.05, 0.1) is 5.69 Å². The molecule has 1 aromatic heterocycles. The molecule has 2 unspecified atom stereocenters. The Kier molecular flexibility index (Phi) is 4.76. The zero-order chi connectivity index (χ0) is 14.5. The zero-order valence-corrected chi connectivity index (χ0v) is 12.3. The van der Waals surface area contributed by atoms with Gasteiger partial charge >= 0.3 is 0 Å². The molecule has 1 aromatic carbocycles. The second-order valence-corrected chi connectivity index (χ2v) is 5.41. The number of hydrogen-bond donors (Lipinski definition) is 2. The van der Waals surface area contributed by atoms with Crippen molar-refractivity contribution in [1.82, 2.24) is 0 Å². The van der Waals surface area contributed by atoms with Crippen LogP contribution in [-0.4, -0.2) is 11.9 Å². The largest absolute Gasteiger partial charge is 0.482 e. The normalized spacial score (nSPS) is 13.6. The lowest BCUT2D eigenvalue weighted by Crippen LogP contribution is -2.29. The van der Waals surface area contributed by atoms with Crippen LogP contribution in [0.5, 0.6) is 5.75 Å². The number of rotatable bonds is 5. The maximum Gasteiger partial charge on any atom is 0.221 e. The van der Waals surface area contributed by atoms with Crippen LogP contribution in [0.2, 0.25) is 0 Å². The maximum absolute atomic E-state index is 11.2. The highest BCUT2D eigenvalue weighted by Gasteiger charge is 2.20. The third kappa shape index (κ3) is 3.59. The average Bonchev–Trinajstić information content (AvgIpc) is 2.90. The molecular weight excluding hydrogens is 272 g/mol. The quantitative estimate of drug-likeness (QED) is 0.889. The molecule has 2 aromatic rings. The molecule has 5 heteroatoms. The summed E-state index contributed by atoms with van der Waals surface area (Å²) in [5.74, 6) is 0.491. The van der Waals surface area contributed by atoms with Gasteiger partial charge in [0, 0.05) is 18.5 Å². The number of nitrogens with one attached hydrogen (secondary N) is 1. The summed E-state index contributed by atoms with van der Waals surface area (Å²) in [5, 5.41) is 6.78. The van der Waals surface area contributed by atoms with E-state index in [1.165, 1.54) is 6.92 Å². The average molecular weight is 290 g/mol. The number of benzene rings is 1. The first-order chi connectivity index (χ1) is 9.58. The van der Waals surface area contributed by atoms with Crippen LogP contribution in [0, 0.1) is 0 Å². The van der Waals surface area contributed by atoms with Gasteiger partial charge in [-0.25, -0.2) is 0 Å². The fourth-order valence-corrected chi connectivity index (χ4v) is 2.60. The molecule has 0 saturated heterocycles.